The van der Waals surface area contributed by atoms with E-state index in [2.05, 4.69) is 5.32 Å². The number of nitrogens with zero attached hydrogens (tertiary/aromatic N) is 1. The molecule has 1 N–H and O–H groups in total. The second-order valence-electron chi connectivity index (χ2n) is 6.41. The van der Waals surface area contributed by atoms with Crippen LogP contribution in [0.4, 0.5) is 5.69 Å². The van der Waals surface area contributed by atoms with E-state index in [9.17, 15) is 14.9 Å². The predicted octanol–water partition coefficient (Wildman–Crippen LogP) is 5.06. The van der Waals surface area contributed by atoms with Gasteiger partial charge < -0.3 is 5.32 Å². The Kier molecular flexibility index (Phi) is 5.31. The molecule has 3 aromatic rings. The van der Waals surface area contributed by atoms with Gasteiger partial charge in [-0.1, -0.05) is 66.7 Å². The molecule has 0 aliphatic heterocycles. The van der Waals surface area contributed by atoms with Crippen molar-refractivity contribution in [1.29, 1.82) is 0 Å². The Labute approximate surface area is 157 Å². The number of rotatable bonds is 5. The fourth-order valence-corrected chi connectivity index (χ4v) is 3.05. The predicted molar refractivity (Wildman–Crippen MR) is 106 cm³/mol. The van der Waals surface area contributed by atoms with Crippen molar-refractivity contribution >= 4 is 11.6 Å². The van der Waals surface area contributed by atoms with Crippen molar-refractivity contribution in [3.8, 4) is 11.1 Å². The summed E-state index contributed by atoms with van der Waals surface area (Å²) in [6.45, 7) is 3.56. The van der Waals surface area contributed by atoms with E-state index in [0.29, 0.717) is 5.56 Å². The highest BCUT2D eigenvalue weighted by molar-refractivity contribution is 5.99. The second-order valence-corrected chi connectivity index (χ2v) is 6.41. The normalized spacial score (nSPS) is 11.6. The summed E-state index contributed by atoms with van der Waals surface area (Å²) < 4.78 is 0. The maximum atomic E-state index is 12.6. The first-order valence-corrected chi connectivity index (χ1v) is 8.67. The zero-order valence-corrected chi connectivity index (χ0v) is 15.2. The first-order valence-electron chi connectivity index (χ1n) is 8.67. The molecule has 0 aliphatic carbocycles. The van der Waals surface area contributed by atoms with Gasteiger partial charge in [-0.2, -0.15) is 0 Å². The number of benzene rings is 3. The van der Waals surface area contributed by atoms with Crippen LogP contribution in [0.15, 0.2) is 72.8 Å². The van der Waals surface area contributed by atoms with Gasteiger partial charge in [-0.05, 0) is 36.1 Å². The van der Waals surface area contributed by atoms with Gasteiger partial charge in [0, 0.05) is 6.07 Å². The van der Waals surface area contributed by atoms with Crippen LogP contribution < -0.4 is 5.32 Å². The van der Waals surface area contributed by atoms with Crippen molar-refractivity contribution in [3.63, 3.8) is 0 Å². The minimum Gasteiger partial charge on any atom is -0.345 e. The van der Waals surface area contributed by atoms with E-state index in [1.807, 2.05) is 61.5 Å². The van der Waals surface area contributed by atoms with Crippen molar-refractivity contribution in [2.75, 3.05) is 0 Å². The number of aryl methyl sites for hydroxylation is 1. The zero-order chi connectivity index (χ0) is 19.4. The largest absolute Gasteiger partial charge is 0.345 e. The summed E-state index contributed by atoms with van der Waals surface area (Å²) in [5.74, 6) is -0.445. The van der Waals surface area contributed by atoms with Gasteiger partial charge in [0.2, 0.25) is 0 Å². The number of nitro groups is 1. The first-order chi connectivity index (χ1) is 13.0. The molecule has 5 heteroatoms. The Morgan fingerprint density at radius 3 is 2.19 bits per heavy atom. The third-order valence-electron chi connectivity index (χ3n) is 4.54. The molecule has 0 aromatic heterocycles. The second kappa shape index (κ2) is 7.83. The van der Waals surface area contributed by atoms with Crippen LogP contribution in [0.2, 0.25) is 0 Å². The summed E-state index contributed by atoms with van der Waals surface area (Å²) in [6, 6.07) is 22.3. The van der Waals surface area contributed by atoms with Crippen molar-refractivity contribution in [3.05, 3.63) is 99.6 Å². The summed E-state index contributed by atoms with van der Waals surface area (Å²) in [5.41, 5.74) is 3.64. The van der Waals surface area contributed by atoms with Gasteiger partial charge >= 0.3 is 0 Å². The average molecular weight is 360 g/mol. The third-order valence-corrected chi connectivity index (χ3v) is 4.54. The first kappa shape index (κ1) is 18.3. The molecule has 0 aliphatic rings. The number of hydrogen-bond acceptors (Lipinski definition) is 3. The lowest BCUT2D eigenvalue weighted by Gasteiger charge is -2.16. The minimum atomic E-state index is -0.527. The van der Waals surface area contributed by atoms with Gasteiger partial charge in [-0.25, -0.2) is 0 Å². The molecule has 0 unspecified atom stereocenters. The van der Waals surface area contributed by atoms with Crippen LogP contribution in [0, 0.1) is 17.0 Å². The maximum absolute atomic E-state index is 12.6. The fraction of sp³-hybridized carbons (Fsp3) is 0.136. The summed E-state index contributed by atoms with van der Waals surface area (Å²) in [5, 5.41) is 14.1. The number of nitro benzene ring substituents is 1. The highest BCUT2D eigenvalue weighted by atomic mass is 16.6. The van der Waals surface area contributed by atoms with Gasteiger partial charge in [-0.3, -0.25) is 14.9 Å². The molecule has 27 heavy (non-hydrogen) atoms. The Bertz CT molecular complexity index is 967. The number of carbonyl (C=O) groups is 1. The topological polar surface area (TPSA) is 72.2 Å². The van der Waals surface area contributed by atoms with E-state index in [4.69, 9.17) is 0 Å². The van der Waals surface area contributed by atoms with Crippen LogP contribution in [0.5, 0.6) is 0 Å². The monoisotopic (exact) mass is 360 g/mol. The number of hydrogen-bond donors (Lipinski definition) is 1. The molecule has 3 rings (SSSR count). The molecule has 0 radical (unpaired) electrons. The SMILES string of the molecule is Cc1cccc([N+](=O)[O-])c1C(=O)N[C@H](C)c1ccc(-c2ccccc2)cc1. The molecule has 3 aromatic carbocycles. The maximum Gasteiger partial charge on any atom is 0.282 e. The van der Waals surface area contributed by atoms with E-state index < -0.39 is 10.8 Å². The van der Waals surface area contributed by atoms with Crippen LogP contribution in [-0.2, 0) is 0 Å². The molecule has 136 valence electrons. The lowest BCUT2D eigenvalue weighted by molar-refractivity contribution is -0.385. The Morgan fingerprint density at radius 2 is 1.56 bits per heavy atom. The lowest BCUT2D eigenvalue weighted by atomic mass is 10.0. The van der Waals surface area contributed by atoms with Crippen molar-refractivity contribution in [1.82, 2.24) is 5.32 Å². The molecule has 1 amide bonds. The Hall–Kier alpha value is -3.47. The van der Waals surface area contributed by atoms with Crippen molar-refractivity contribution in [2.24, 2.45) is 0 Å². The molecule has 0 heterocycles. The standard InChI is InChI=1S/C22H20N2O3/c1-15-7-6-10-20(24(26)27)21(15)22(25)23-16(2)17-11-13-19(14-12-17)18-8-4-3-5-9-18/h3-14,16H,1-2H3,(H,23,25)/t16-/m1/s1. The Morgan fingerprint density at radius 1 is 0.926 bits per heavy atom. The number of amides is 1. The molecule has 0 saturated carbocycles. The highest BCUT2D eigenvalue weighted by Crippen LogP contribution is 2.24. The minimum absolute atomic E-state index is 0.107. The lowest BCUT2D eigenvalue weighted by Crippen LogP contribution is -2.28. The average Bonchev–Trinajstić information content (AvgIpc) is 2.68. The Balaban J connectivity index is 1.79. The fourth-order valence-electron chi connectivity index (χ4n) is 3.05. The van der Waals surface area contributed by atoms with Gasteiger partial charge in [-0.15, -0.1) is 0 Å². The van der Waals surface area contributed by atoms with Gasteiger partial charge in [0.1, 0.15) is 5.56 Å². The molecule has 5 nitrogen and oxygen atoms in total. The van der Waals surface area contributed by atoms with Gasteiger partial charge in [0.15, 0.2) is 0 Å². The smallest absolute Gasteiger partial charge is 0.282 e. The molecular formula is C22H20N2O3. The third kappa shape index (κ3) is 4.03. The van der Waals surface area contributed by atoms with Crippen molar-refractivity contribution in [2.45, 2.75) is 19.9 Å². The van der Waals surface area contributed by atoms with E-state index in [1.54, 1.807) is 19.1 Å². The molecule has 0 bridgehead atoms. The summed E-state index contributed by atoms with van der Waals surface area (Å²) in [6.07, 6.45) is 0. The highest BCUT2D eigenvalue weighted by Gasteiger charge is 2.23. The molecule has 0 fully saturated rings. The van der Waals surface area contributed by atoms with E-state index in [1.165, 1.54) is 6.07 Å². The van der Waals surface area contributed by atoms with Crippen LogP contribution in [-0.4, -0.2) is 10.8 Å². The summed E-state index contributed by atoms with van der Waals surface area (Å²) in [7, 11) is 0. The van der Waals surface area contributed by atoms with E-state index >= 15 is 0 Å². The molecule has 1 atom stereocenters. The van der Waals surface area contributed by atoms with E-state index in [-0.39, 0.29) is 17.3 Å². The van der Waals surface area contributed by atoms with Gasteiger partial charge in [0.05, 0.1) is 11.0 Å². The van der Waals surface area contributed by atoms with Crippen molar-refractivity contribution < 1.29 is 9.72 Å². The summed E-state index contributed by atoms with van der Waals surface area (Å²) >= 11 is 0. The summed E-state index contributed by atoms with van der Waals surface area (Å²) in [4.78, 5) is 23.4. The quantitative estimate of drug-likeness (QED) is 0.510. The number of nitrogens with one attached hydrogen (secondary N) is 1. The van der Waals surface area contributed by atoms with Crippen LogP contribution >= 0.6 is 0 Å². The molecule has 0 saturated heterocycles. The zero-order valence-electron chi connectivity index (χ0n) is 15.2. The van der Waals surface area contributed by atoms with Crippen LogP contribution in [0.25, 0.3) is 11.1 Å². The molecule has 0 spiro atoms. The van der Waals surface area contributed by atoms with Gasteiger partial charge in [0.25, 0.3) is 11.6 Å². The number of carbonyl (C=O) groups excluding carboxylic acids is 1. The molecular weight excluding hydrogens is 340 g/mol. The van der Waals surface area contributed by atoms with Crippen LogP contribution in [0.1, 0.15) is 34.5 Å². The van der Waals surface area contributed by atoms with Crippen LogP contribution in [0.3, 0.4) is 0 Å². The van der Waals surface area contributed by atoms with E-state index in [0.717, 1.165) is 16.7 Å².